The Labute approximate surface area is 177 Å². The summed E-state index contributed by atoms with van der Waals surface area (Å²) in [5.41, 5.74) is 4.72. The highest BCUT2D eigenvalue weighted by molar-refractivity contribution is 6.33. The molecule has 2 aromatic rings. The molecular weight excluding hydrogens is 382 g/mol. The Morgan fingerprint density at radius 3 is 2.48 bits per heavy atom. The molecule has 0 radical (unpaired) electrons. The van der Waals surface area contributed by atoms with E-state index in [2.05, 4.69) is 29.3 Å². The second kappa shape index (κ2) is 8.08. The molecule has 0 aromatic heterocycles. The van der Waals surface area contributed by atoms with Crippen molar-refractivity contribution in [3.8, 4) is 6.07 Å². The Morgan fingerprint density at radius 2 is 1.83 bits per heavy atom. The molecule has 1 saturated carbocycles. The number of nitriles is 1. The first-order valence-corrected chi connectivity index (χ1v) is 10.7. The van der Waals surface area contributed by atoms with Crippen LogP contribution in [-0.2, 0) is 6.42 Å². The van der Waals surface area contributed by atoms with Crippen molar-refractivity contribution in [3.05, 3.63) is 63.7 Å². The molecule has 0 spiro atoms. The predicted molar refractivity (Wildman–Crippen MR) is 117 cm³/mol. The highest BCUT2D eigenvalue weighted by Crippen LogP contribution is 2.42. The highest BCUT2D eigenvalue weighted by atomic mass is 35.5. The predicted octanol–water partition coefficient (Wildman–Crippen LogP) is 5.01. The molecule has 1 aliphatic heterocycles. The minimum absolute atomic E-state index is 0.0177. The first-order chi connectivity index (χ1) is 14.0. The number of fused-ring (bicyclic) bond motifs is 1. The summed E-state index contributed by atoms with van der Waals surface area (Å²) in [5.74, 6) is 0.0177. The van der Waals surface area contributed by atoms with Crippen LogP contribution in [0.2, 0.25) is 5.02 Å². The van der Waals surface area contributed by atoms with Crippen LogP contribution in [0, 0.1) is 18.3 Å². The van der Waals surface area contributed by atoms with Gasteiger partial charge in [-0.25, -0.2) is 0 Å². The van der Waals surface area contributed by atoms with Gasteiger partial charge in [-0.05, 0) is 75.8 Å². The molecule has 1 heterocycles. The Bertz CT molecular complexity index is 955. The lowest BCUT2D eigenvalue weighted by molar-refractivity contribution is 0.0925. The molecule has 0 unspecified atom stereocenters. The van der Waals surface area contributed by atoms with Gasteiger partial charge in [-0.3, -0.25) is 4.79 Å². The monoisotopic (exact) mass is 407 g/mol. The van der Waals surface area contributed by atoms with Crippen LogP contribution in [0.3, 0.4) is 0 Å². The van der Waals surface area contributed by atoms with Crippen LogP contribution in [0.4, 0.5) is 5.69 Å². The van der Waals surface area contributed by atoms with Crippen LogP contribution < -0.4 is 10.2 Å². The van der Waals surface area contributed by atoms with E-state index in [1.54, 1.807) is 0 Å². The maximum Gasteiger partial charge on any atom is 0.251 e. The van der Waals surface area contributed by atoms with E-state index in [0.29, 0.717) is 22.7 Å². The number of nitrogens with one attached hydrogen (secondary N) is 1. The second-order valence-corrected chi connectivity index (χ2v) is 8.72. The summed E-state index contributed by atoms with van der Waals surface area (Å²) >= 11 is 6.48. The van der Waals surface area contributed by atoms with Crippen LogP contribution >= 0.6 is 11.6 Å². The second-order valence-electron chi connectivity index (χ2n) is 8.34. The van der Waals surface area contributed by atoms with E-state index in [1.165, 1.54) is 5.69 Å². The van der Waals surface area contributed by atoms with E-state index in [4.69, 9.17) is 11.6 Å². The number of hydrogen-bond acceptors (Lipinski definition) is 3. The largest absolute Gasteiger partial charge is 0.365 e. The van der Waals surface area contributed by atoms with Gasteiger partial charge in [-0.1, -0.05) is 29.3 Å². The molecule has 5 heteroatoms. The molecule has 0 saturated heterocycles. The first kappa shape index (κ1) is 19.8. The zero-order valence-corrected chi connectivity index (χ0v) is 17.7. The lowest BCUT2D eigenvalue weighted by Gasteiger charge is -2.39. The number of halogens is 1. The number of anilines is 1. The fourth-order valence-corrected chi connectivity index (χ4v) is 5.07. The minimum atomic E-state index is 0.0177. The number of nitrogens with zero attached hydrogens (tertiary/aromatic N) is 2. The molecule has 150 valence electrons. The maximum absolute atomic E-state index is 12.5. The van der Waals surface area contributed by atoms with Crippen molar-refractivity contribution in [3.63, 3.8) is 0 Å². The smallest absolute Gasteiger partial charge is 0.251 e. The van der Waals surface area contributed by atoms with Gasteiger partial charge in [0, 0.05) is 29.4 Å². The average Bonchev–Trinajstić information content (AvgIpc) is 3.06. The Hall–Kier alpha value is -2.51. The van der Waals surface area contributed by atoms with Crippen molar-refractivity contribution in [2.75, 3.05) is 4.90 Å². The third kappa shape index (κ3) is 3.84. The summed E-state index contributed by atoms with van der Waals surface area (Å²) in [6.07, 6.45) is 4.92. The average molecular weight is 408 g/mol. The molecule has 1 N–H and O–H groups in total. The molecular formula is C24H26ClN3O. The molecule has 2 aromatic carbocycles. The van der Waals surface area contributed by atoms with Gasteiger partial charge in [0.25, 0.3) is 5.91 Å². The quantitative estimate of drug-likeness (QED) is 0.777. The SMILES string of the molecule is Cc1ccc(C(=O)NC2CCC(N3c4ccc(C#N)c(Cl)c4C[C@@H]3C)CC2)cc1. The lowest BCUT2D eigenvalue weighted by atomic mass is 9.89. The summed E-state index contributed by atoms with van der Waals surface area (Å²) in [6.45, 7) is 4.25. The van der Waals surface area contributed by atoms with Crippen LogP contribution in [0.25, 0.3) is 0 Å². The van der Waals surface area contributed by atoms with Crippen molar-refractivity contribution in [1.29, 1.82) is 5.26 Å². The zero-order valence-electron chi connectivity index (χ0n) is 16.9. The van der Waals surface area contributed by atoms with E-state index >= 15 is 0 Å². The van der Waals surface area contributed by atoms with Gasteiger partial charge in [0.2, 0.25) is 0 Å². The van der Waals surface area contributed by atoms with Crippen molar-refractivity contribution < 1.29 is 4.79 Å². The molecule has 1 fully saturated rings. The van der Waals surface area contributed by atoms with Gasteiger partial charge in [0.15, 0.2) is 0 Å². The topological polar surface area (TPSA) is 56.1 Å². The van der Waals surface area contributed by atoms with Gasteiger partial charge < -0.3 is 10.2 Å². The maximum atomic E-state index is 12.5. The van der Waals surface area contributed by atoms with E-state index < -0.39 is 0 Å². The molecule has 1 amide bonds. The third-order valence-corrected chi connectivity index (χ3v) is 6.76. The van der Waals surface area contributed by atoms with Gasteiger partial charge in [-0.2, -0.15) is 5.26 Å². The Kier molecular flexibility index (Phi) is 5.52. The molecule has 0 bridgehead atoms. The van der Waals surface area contributed by atoms with E-state index in [-0.39, 0.29) is 11.9 Å². The number of rotatable bonds is 3. The number of amides is 1. The molecule has 1 aliphatic carbocycles. The Balaban J connectivity index is 1.40. The number of carbonyl (C=O) groups is 1. The fourth-order valence-electron chi connectivity index (χ4n) is 4.79. The number of hydrogen-bond donors (Lipinski definition) is 1. The summed E-state index contributed by atoms with van der Waals surface area (Å²) in [7, 11) is 0. The highest BCUT2D eigenvalue weighted by Gasteiger charge is 2.35. The first-order valence-electron chi connectivity index (χ1n) is 10.3. The van der Waals surface area contributed by atoms with Gasteiger partial charge in [-0.15, -0.1) is 0 Å². The molecule has 4 rings (SSSR count). The molecule has 2 aliphatic rings. The van der Waals surface area contributed by atoms with Crippen LogP contribution in [0.15, 0.2) is 36.4 Å². The van der Waals surface area contributed by atoms with Crippen molar-refractivity contribution in [1.82, 2.24) is 5.32 Å². The normalized spacial score (nSPS) is 23.4. The fraction of sp³-hybridized carbons (Fsp3) is 0.417. The number of benzene rings is 2. The summed E-state index contributed by atoms with van der Waals surface area (Å²) in [5, 5.41) is 13.1. The van der Waals surface area contributed by atoms with Crippen molar-refractivity contribution in [2.45, 2.75) is 64.1 Å². The van der Waals surface area contributed by atoms with Gasteiger partial charge in [0.05, 0.1) is 10.6 Å². The van der Waals surface area contributed by atoms with Gasteiger partial charge >= 0.3 is 0 Å². The third-order valence-electron chi connectivity index (χ3n) is 6.33. The van der Waals surface area contributed by atoms with E-state index in [9.17, 15) is 10.1 Å². The molecule has 1 atom stereocenters. The summed E-state index contributed by atoms with van der Waals surface area (Å²) in [6, 6.07) is 14.8. The molecule has 4 nitrogen and oxygen atoms in total. The summed E-state index contributed by atoms with van der Waals surface area (Å²) < 4.78 is 0. The Morgan fingerprint density at radius 1 is 1.14 bits per heavy atom. The zero-order chi connectivity index (χ0) is 20.5. The van der Waals surface area contributed by atoms with Crippen molar-refractivity contribution in [2.24, 2.45) is 0 Å². The number of aryl methyl sites for hydroxylation is 1. The lowest BCUT2D eigenvalue weighted by Crippen LogP contribution is -2.46. The van der Waals surface area contributed by atoms with Crippen LogP contribution in [0.1, 0.15) is 59.7 Å². The minimum Gasteiger partial charge on any atom is -0.365 e. The summed E-state index contributed by atoms with van der Waals surface area (Å²) in [4.78, 5) is 15.0. The van der Waals surface area contributed by atoms with Crippen molar-refractivity contribution >= 4 is 23.2 Å². The molecule has 29 heavy (non-hydrogen) atoms. The standard InChI is InChI=1S/C24H26ClN3O/c1-15-3-5-17(6-4-15)24(29)27-19-8-10-20(11-9-19)28-16(2)13-21-22(28)12-7-18(14-26)23(21)25/h3-7,12,16,19-20H,8-11,13H2,1-2H3,(H,27,29)/t16-,19?,20?/m0/s1. The van der Waals surface area contributed by atoms with Gasteiger partial charge in [0.1, 0.15) is 6.07 Å². The van der Waals surface area contributed by atoms with E-state index in [1.807, 2.05) is 37.3 Å². The van der Waals surface area contributed by atoms with E-state index in [0.717, 1.165) is 48.8 Å². The van der Waals surface area contributed by atoms with Crippen LogP contribution in [0.5, 0.6) is 0 Å². The van der Waals surface area contributed by atoms with Crippen LogP contribution in [-0.4, -0.2) is 24.0 Å². The number of carbonyl (C=O) groups excluding carboxylic acids is 1.